The zero-order valence-electron chi connectivity index (χ0n) is 5.33. The molecule has 0 fully saturated rings. The Balaban J connectivity index is 0. The van der Waals surface area contributed by atoms with Crippen molar-refractivity contribution >= 4 is 36.0 Å². The lowest BCUT2D eigenvalue weighted by Crippen LogP contribution is -1.51. The van der Waals surface area contributed by atoms with Gasteiger partial charge in [-0.3, -0.25) is 0 Å². The second-order valence-electron chi connectivity index (χ2n) is 1.13. The van der Waals surface area contributed by atoms with Crippen molar-refractivity contribution in [3.05, 3.63) is 11.5 Å². The molecule has 1 atom stereocenters. The Labute approximate surface area is 69.7 Å². The normalized spacial score (nSPS) is 8.40. The summed E-state index contributed by atoms with van der Waals surface area (Å²) in [4.78, 5) is 8.80. The summed E-state index contributed by atoms with van der Waals surface area (Å²) >= 11 is 4.69. The quantitative estimate of drug-likeness (QED) is 0.405. The molecule has 0 amide bonds. The third kappa shape index (κ3) is 24.6. The second kappa shape index (κ2) is 8.95. The lowest BCUT2D eigenvalue weighted by Gasteiger charge is -1.72. The van der Waals surface area contributed by atoms with Gasteiger partial charge in [-0.25, -0.2) is 5.41 Å². The van der Waals surface area contributed by atoms with Crippen molar-refractivity contribution in [2.24, 2.45) is 0 Å². The lowest BCUT2D eigenvalue weighted by molar-refractivity contribution is 0.519. The summed E-state index contributed by atoms with van der Waals surface area (Å²) in [7, 11) is -2.07. The standard InChI is InChI=1S/C3H5O2PS.CHNS/c1-3(2)7-6(4)5;2-1-3/h1H2,2H3;2H/p+1. The summed E-state index contributed by atoms with van der Waals surface area (Å²) in [5, 5.41) is 7.36. The number of hydrogen-bond acceptors (Lipinski definition) is 4. The molecule has 0 saturated heterocycles. The van der Waals surface area contributed by atoms with Gasteiger partial charge in [-0.05, 0) is 23.7 Å². The SMILES string of the molecule is C=C(C)S[P+](=O)O.N=C=S. The van der Waals surface area contributed by atoms with Gasteiger partial charge in [0.1, 0.15) is 0 Å². The highest BCUT2D eigenvalue weighted by molar-refractivity contribution is 8.52. The number of isothiocyanates is 1. The Kier molecular flexibility index (Phi) is 11.3. The maximum atomic E-state index is 9.86. The molecule has 0 radical (unpaired) electrons. The molecule has 1 unspecified atom stereocenters. The van der Waals surface area contributed by atoms with Crippen LogP contribution < -0.4 is 0 Å². The van der Waals surface area contributed by atoms with Crippen LogP contribution in [0.2, 0.25) is 0 Å². The molecular weight excluding hydrogens is 189 g/mol. The van der Waals surface area contributed by atoms with E-state index in [0.717, 1.165) is 11.4 Å². The van der Waals surface area contributed by atoms with Crippen molar-refractivity contribution in [3.63, 3.8) is 0 Å². The zero-order chi connectivity index (χ0) is 8.57. The molecule has 2 N–H and O–H groups in total. The van der Waals surface area contributed by atoms with Gasteiger partial charge in [0.25, 0.3) is 0 Å². The highest BCUT2D eigenvalue weighted by atomic mass is 32.7. The number of nitrogens with one attached hydrogen (secondary N) is 1. The number of rotatable bonds is 2. The van der Waals surface area contributed by atoms with Crippen LogP contribution in [0.3, 0.4) is 0 Å². The van der Waals surface area contributed by atoms with Crippen molar-refractivity contribution in [3.8, 4) is 0 Å². The van der Waals surface area contributed by atoms with Gasteiger partial charge in [0.15, 0.2) is 11.4 Å². The molecular formula is C4H7NO2PS2+. The monoisotopic (exact) mass is 196 g/mol. The van der Waals surface area contributed by atoms with Gasteiger partial charge in [0.2, 0.25) is 0 Å². The molecule has 0 aromatic heterocycles. The van der Waals surface area contributed by atoms with Crippen molar-refractivity contribution in [1.82, 2.24) is 0 Å². The molecule has 10 heavy (non-hydrogen) atoms. The molecule has 0 aliphatic heterocycles. The van der Waals surface area contributed by atoms with E-state index in [2.05, 4.69) is 18.8 Å². The molecule has 56 valence electrons. The Bertz CT molecular complexity index is 153. The van der Waals surface area contributed by atoms with Crippen LogP contribution in [0.25, 0.3) is 0 Å². The summed E-state index contributed by atoms with van der Waals surface area (Å²) < 4.78 is 9.86. The Morgan fingerprint density at radius 1 is 2.00 bits per heavy atom. The molecule has 6 heteroatoms. The Morgan fingerprint density at radius 2 is 2.30 bits per heavy atom. The van der Waals surface area contributed by atoms with Crippen LogP contribution in [0.4, 0.5) is 0 Å². The maximum Gasteiger partial charge on any atom is 0.587 e. The predicted molar refractivity (Wildman–Crippen MR) is 47.5 cm³/mol. The van der Waals surface area contributed by atoms with Gasteiger partial charge in [-0.2, -0.15) is 4.89 Å². The average molecular weight is 196 g/mol. The number of hydrogen-bond donors (Lipinski definition) is 2. The van der Waals surface area contributed by atoms with Crippen LogP contribution in [0.5, 0.6) is 0 Å². The fraction of sp³-hybridized carbons (Fsp3) is 0.250. The Morgan fingerprint density at radius 3 is 2.30 bits per heavy atom. The van der Waals surface area contributed by atoms with E-state index in [1.54, 1.807) is 12.1 Å². The van der Waals surface area contributed by atoms with Crippen LogP contribution in [0.15, 0.2) is 11.5 Å². The van der Waals surface area contributed by atoms with Crippen molar-refractivity contribution in [1.29, 1.82) is 5.41 Å². The van der Waals surface area contributed by atoms with Gasteiger partial charge in [0, 0.05) is 4.91 Å². The van der Waals surface area contributed by atoms with E-state index >= 15 is 0 Å². The van der Waals surface area contributed by atoms with Gasteiger partial charge in [0.05, 0.1) is 5.16 Å². The first-order valence-corrected chi connectivity index (χ1v) is 5.12. The number of thiocarbonyl (C=S) groups is 1. The minimum Gasteiger partial charge on any atom is -0.248 e. The van der Waals surface area contributed by atoms with E-state index in [1.165, 1.54) is 0 Å². The van der Waals surface area contributed by atoms with Gasteiger partial charge in [-0.1, -0.05) is 6.58 Å². The smallest absolute Gasteiger partial charge is 0.248 e. The fourth-order valence-electron chi connectivity index (χ4n) is 0.133. The van der Waals surface area contributed by atoms with E-state index in [1.807, 2.05) is 0 Å². The van der Waals surface area contributed by atoms with Crippen LogP contribution >= 0.6 is 30.8 Å². The average Bonchev–Trinajstić information content (AvgIpc) is 1.62. The molecule has 3 nitrogen and oxygen atoms in total. The van der Waals surface area contributed by atoms with Crippen LogP contribution in [0.1, 0.15) is 6.92 Å². The molecule has 0 aromatic rings. The summed E-state index contributed by atoms with van der Waals surface area (Å²) in [5.74, 6) is 0. The first kappa shape index (κ1) is 12.6. The summed E-state index contributed by atoms with van der Waals surface area (Å²) in [6.07, 6.45) is 0. The van der Waals surface area contributed by atoms with E-state index in [-0.39, 0.29) is 0 Å². The molecule has 0 saturated carbocycles. The van der Waals surface area contributed by atoms with Crippen LogP contribution in [-0.2, 0) is 4.57 Å². The van der Waals surface area contributed by atoms with Gasteiger partial charge >= 0.3 is 7.23 Å². The van der Waals surface area contributed by atoms with E-state index < -0.39 is 7.23 Å². The van der Waals surface area contributed by atoms with Crippen molar-refractivity contribution in [2.45, 2.75) is 6.92 Å². The van der Waals surface area contributed by atoms with Crippen molar-refractivity contribution < 1.29 is 9.46 Å². The van der Waals surface area contributed by atoms with Crippen molar-refractivity contribution in [2.75, 3.05) is 0 Å². The second-order valence-corrected chi connectivity index (χ2v) is 4.18. The molecule has 0 rings (SSSR count). The molecule has 0 aromatic carbocycles. The molecule has 0 aliphatic carbocycles. The third-order valence-electron chi connectivity index (χ3n) is 0.234. The van der Waals surface area contributed by atoms with Gasteiger partial charge in [-0.15, -0.1) is 0 Å². The lowest BCUT2D eigenvalue weighted by atomic mass is 10.8. The van der Waals surface area contributed by atoms with Crippen LogP contribution in [-0.4, -0.2) is 10.1 Å². The largest absolute Gasteiger partial charge is 0.587 e. The van der Waals surface area contributed by atoms with E-state index in [0.29, 0.717) is 4.91 Å². The van der Waals surface area contributed by atoms with E-state index in [9.17, 15) is 4.57 Å². The molecule has 0 bridgehead atoms. The predicted octanol–water partition coefficient (Wildman–Crippen LogP) is 2.57. The first-order valence-electron chi connectivity index (χ1n) is 2.08. The molecule has 0 spiro atoms. The molecule has 0 aliphatic rings. The number of allylic oxidation sites excluding steroid dienone is 1. The third-order valence-corrected chi connectivity index (χ3v) is 2.11. The summed E-state index contributed by atoms with van der Waals surface area (Å²) in [6, 6.07) is 0. The minimum atomic E-state index is -2.07. The summed E-state index contributed by atoms with van der Waals surface area (Å²) in [6.45, 7) is 5.10. The highest BCUT2D eigenvalue weighted by Gasteiger charge is 2.11. The van der Waals surface area contributed by atoms with Gasteiger partial charge < -0.3 is 0 Å². The summed E-state index contributed by atoms with van der Waals surface area (Å²) in [5.41, 5.74) is 0. The maximum absolute atomic E-state index is 9.86. The first-order chi connectivity index (χ1) is 4.54. The highest BCUT2D eigenvalue weighted by Crippen LogP contribution is 2.37. The zero-order valence-corrected chi connectivity index (χ0v) is 7.85. The van der Waals surface area contributed by atoms with E-state index in [4.69, 9.17) is 10.3 Å². The molecule has 0 heterocycles. The van der Waals surface area contributed by atoms with Crippen LogP contribution in [0, 0.1) is 5.41 Å². The fourth-order valence-corrected chi connectivity index (χ4v) is 1.20. The topological polar surface area (TPSA) is 61.1 Å². The Hall–Kier alpha value is -0.0500. The minimum absolute atomic E-state index is 0.670.